The summed E-state index contributed by atoms with van der Waals surface area (Å²) in [5.74, 6) is -0.596. The van der Waals surface area contributed by atoms with Crippen molar-refractivity contribution < 1.29 is 37.7 Å². The minimum atomic E-state index is -3.62. The highest BCUT2D eigenvalue weighted by Crippen LogP contribution is 2.64. The van der Waals surface area contributed by atoms with Crippen molar-refractivity contribution in [2.24, 2.45) is 0 Å². The van der Waals surface area contributed by atoms with E-state index in [0.29, 0.717) is 24.5 Å². The van der Waals surface area contributed by atoms with Gasteiger partial charge >= 0.3 is 18.2 Å². The van der Waals surface area contributed by atoms with Crippen LogP contribution >= 0.6 is 19.0 Å². The first-order valence-corrected chi connectivity index (χ1v) is 19.4. The van der Waals surface area contributed by atoms with E-state index in [1.165, 1.54) is 0 Å². The number of unbranched alkanes of at least 4 members (excludes halogenated alkanes) is 1. The molecule has 2 atom stereocenters. The molecule has 1 saturated heterocycles. The van der Waals surface area contributed by atoms with E-state index < -0.39 is 47.5 Å². The van der Waals surface area contributed by atoms with Gasteiger partial charge in [-0.3, -0.25) is 19.2 Å². The van der Waals surface area contributed by atoms with Crippen LogP contribution in [0.4, 0.5) is 9.59 Å². The third kappa shape index (κ3) is 11.5. The van der Waals surface area contributed by atoms with Gasteiger partial charge in [0.25, 0.3) is 0 Å². The number of carbonyl (C=O) groups is 3. The molecule has 1 aromatic carbocycles. The molecule has 1 aliphatic heterocycles. The number of carbonyl (C=O) groups excluding carboxylic acids is 3. The first-order valence-electron chi connectivity index (χ1n) is 17.2. The van der Waals surface area contributed by atoms with E-state index in [4.69, 9.17) is 35.3 Å². The molecule has 0 bridgehead atoms. The summed E-state index contributed by atoms with van der Waals surface area (Å²) in [6.45, 7) is 18.4. The summed E-state index contributed by atoms with van der Waals surface area (Å²) in [4.78, 5) is 48.2. The number of pyridine rings is 1. The number of hydrogen-bond donors (Lipinski definition) is 0. The zero-order valence-corrected chi connectivity index (χ0v) is 33.0. The molecule has 0 saturated carbocycles. The van der Waals surface area contributed by atoms with Crippen LogP contribution in [0.15, 0.2) is 42.6 Å². The minimum absolute atomic E-state index is 0.0325. The summed E-state index contributed by atoms with van der Waals surface area (Å²) >= 11 is 6.15. The third-order valence-electron chi connectivity index (χ3n) is 7.83. The van der Waals surface area contributed by atoms with E-state index in [9.17, 15) is 18.9 Å². The molecule has 1 unspecified atom stereocenters. The molecule has 278 valence electrons. The molecule has 13 heteroatoms. The van der Waals surface area contributed by atoms with E-state index >= 15 is 0 Å². The van der Waals surface area contributed by atoms with Crippen molar-refractivity contribution >= 4 is 37.1 Å². The Morgan fingerprint density at radius 2 is 1.48 bits per heavy atom. The topological polar surface area (TPSA) is 125 Å². The zero-order chi connectivity index (χ0) is 37.5. The largest absolute Gasteiger partial charge is 0.459 e. The molecule has 0 spiro atoms. The predicted molar refractivity (Wildman–Crippen MR) is 196 cm³/mol. The first kappa shape index (κ1) is 41.4. The molecule has 0 N–H and O–H groups in total. The highest BCUT2D eigenvalue weighted by atomic mass is 35.5. The molecule has 1 fully saturated rings. The van der Waals surface area contributed by atoms with Gasteiger partial charge in [-0.05, 0) is 112 Å². The molecule has 0 radical (unpaired) electrons. The molecule has 3 rings (SSSR count). The lowest BCUT2D eigenvalue weighted by Gasteiger charge is -2.46. The number of nitrogens with zero attached hydrogens (tertiary/aromatic N) is 3. The Kier molecular flexibility index (Phi) is 13.7. The Hall–Kier alpha value is -2.98. The Labute approximate surface area is 302 Å². The van der Waals surface area contributed by atoms with Gasteiger partial charge in [-0.25, -0.2) is 14.5 Å². The maximum absolute atomic E-state index is 14.9. The lowest BCUT2D eigenvalue weighted by molar-refractivity contribution is -0.160. The molecular formula is C37H55ClN3O8P. The van der Waals surface area contributed by atoms with E-state index in [0.717, 1.165) is 21.7 Å². The Bertz CT molecular complexity index is 1500. The van der Waals surface area contributed by atoms with E-state index in [1.807, 2.05) is 36.4 Å². The minimum Gasteiger partial charge on any atom is -0.459 e. The summed E-state index contributed by atoms with van der Waals surface area (Å²) in [6.07, 6.45) is 0.964. The average molecular weight is 736 g/mol. The lowest BCUT2D eigenvalue weighted by atomic mass is 9.98. The number of imide groups is 1. The van der Waals surface area contributed by atoms with E-state index in [2.05, 4.69) is 4.90 Å². The number of esters is 1. The number of benzene rings is 1. The standard InChI is InChI=1S/C37H55ClN3O8P/c1-11-46-50(45)24-23-40(25-30-29(15-14-21-39-30)27-16-18-28(38)19-17-27)26-37(50,31(42)47-34(2,3)4)20-12-13-22-41(32(43)48-35(5,6)7)33(44)49-36(8,9)10/h14-19,21H,11-13,20,22-26H2,1-10H3/t37-,50?/m0/s1. The van der Waals surface area contributed by atoms with Crippen LogP contribution in [0.25, 0.3) is 11.1 Å². The molecule has 2 aromatic rings. The summed E-state index contributed by atoms with van der Waals surface area (Å²) in [5, 5.41) is -0.878. The molecule has 2 heterocycles. The second-order valence-corrected chi connectivity index (χ2v) is 19.0. The maximum atomic E-state index is 14.9. The van der Waals surface area contributed by atoms with Gasteiger partial charge < -0.3 is 18.7 Å². The van der Waals surface area contributed by atoms with Gasteiger partial charge in [0.1, 0.15) is 16.8 Å². The zero-order valence-electron chi connectivity index (χ0n) is 31.3. The molecule has 2 amide bonds. The van der Waals surface area contributed by atoms with Crippen LogP contribution in [-0.4, -0.2) is 87.3 Å². The van der Waals surface area contributed by atoms with Gasteiger partial charge in [-0.15, -0.1) is 0 Å². The second kappa shape index (κ2) is 16.6. The fourth-order valence-corrected chi connectivity index (χ4v) is 8.88. The van der Waals surface area contributed by atoms with Crippen molar-refractivity contribution in [2.45, 2.75) is 117 Å². The van der Waals surface area contributed by atoms with Crippen LogP contribution in [0.1, 0.15) is 94.2 Å². The molecule has 1 aromatic heterocycles. The summed E-state index contributed by atoms with van der Waals surface area (Å²) in [7, 11) is -3.62. The quantitative estimate of drug-likeness (QED) is 0.0956. The normalized spacial score (nSPS) is 20.2. The van der Waals surface area contributed by atoms with Crippen LogP contribution in [-0.2, 0) is 34.6 Å². The van der Waals surface area contributed by atoms with Crippen LogP contribution in [0, 0.1) is 0 Å². The van der Waals surface area contributed by atoms with Crippen molar-refractivity contribution in [2.75, 3.05) is 32.4 Å². The molecular weight excluding hydrogens is 681 g/mol. The fraction of sp³-hybridized carbons (Fsp3) is 0.622. The monoisotopic (exact) mass is 735 g/mol. The van der Waals surface area contributed by atoms with Crippen LogP contribution < -0.4 is 0 Å². The summed E-state index contributed by atoms with van der Waals surface area (Å²) in [6, 6.07) is 11.4. The number of hydrogen-bond acceptors (Lipinski definition) is 10. The van der Waals surface area contributed by atoms with E-state index in [1.54, 1.807) is 75.4 Å². The third-order valence-corrected chi connectivity index (χ3v) is 11.4. The Morgan fingerprint density at radius 1 is 0.900 bits per heavy atom. The summed E-state index contributed by atoms with van der Waals surface area (Å²) in [5.41, 5.74) is 0.147. The molecule has 1 aliphatic rings. The van der Waals surface area contributed by atoms with Crippen LogP contribution in [0.5, 0.6) is 0 Å². The highest BCUT2D eigenvalue weighted by Gasteiger charge is 2.59. The van der Waals surface area contributed by atoms with E-state index in [-0.39, 0.29) is 38.7 Å². The SMILES string of the molecule is CCOP1(=O)CCN(Cc2ncccc2-c2ccc(Cl)cc2)C[C@@]1(CCCCN(C(=O)OC(C)(C)C)C(=O)OC(C)(C)C)C(=O)OC(C)(C)C. The van der Waals surface area contributed by atoms with Gasteiger partial charge in [0.15, 0.2) is 5.16 Å². The maximum Gasteiger partial charge on any atom is 0.419 e. The fourth-order valence-electron chi connectivity index (χ4n) is 5.75. The number of rotatable bonds is 11. The Morgan fingerprint density at radius 3 is 2.02 bits per heavy atom. The molecule has 0 aliphatic carbocycles. The highest BCUT2D eigenvalue weighted by molar-refractivity contribution is 7.62. The lowest BCUT2D eigenvalue weighted by Crippen LogP contribution is -2.56. The van der Waals surface area contributed by atoms with Gasteiger partial charge in [-0.2, -0.15) is 0 Å². The molecule has 11 nitrogen and oxygen atoms in total. The molecule has 50 heavy (non-hydrogen) atoms. The first-order chi connectivity index (χ1) is 23.1. The van der Waals surface area contributed by atoms with Gasteiger partial charge in [0, 0.05) is 49.1 Å². The van der Waals surface area contributed by atoms with Gasteiger partial charge in [0.2, 0.25) is 7.37 Å². The van der Waals surface area contributed by atoms with Crippen LogP contribution in [0.3, 0.4) is 0 Å². The van der Waals surface area contributed by atoms with Crippen molar-refractivity contribution in [1.82, 2.24) is 14.8 Å². The average Bonchev–Trinajstić information content (AvgIpc) is 2.97. The van der Waals surface area contributed by atoms with Crippen molar-refractivity contribution in [1.29, 1.82) is 0 Å². The Balaban J connectivity index is 1.94. The second-order valence-electron chi connectivity index (χ2n) is 15.6. The number of amides is 2. The predicted octanol–water partition coefficient (Wildman–Crippen LogP) is 8.96. The van der Waals surface area contributed by atoms with Gasteiger partial charge in [-0.1, -0.05) is 29.8 Å². The van der Waals surface area contributed by atoms with Crippen molar-refractivity contribution in [3.8, 4) is 11.1 Å². The van der Waals surface area contributed by atoms with Gasteiger partial charge in [0.05, 0.1) is 12.3 Å². The number of ether oxygens (including phenoxy) is 3. The summed E-state index contributed by atoms with van der Waals surface area (Å²) < 4.78 is 37.9. The van der Waals surface area contributed by atoms with Crippen molar-refractivity contribution in [3.05, 3.63) is 53.3 Å². The van der Waals surface area contributed by atoms with Crippen LogP contribution in [0.2, 0.25) is 5.02 Å². The number of aromatic nitrogens is 1. The number of halogens is 1. The van der Waals surface area contributed by atoms with Crippen molar-refractivity contribution in [3.63, 3.8) is 0 Å². The smallest absolute Gasteiger partial charge is 0.419 e.